The van der Waals surface area contributed by atoms with Crippen LogP contribution >= 0.6 is 0 Å². The fourth-order valence-electron chi connectivity index (χ4n) is 1.26. The van der Waals surface area contributed by atoms with Crippen molar-refractivity contribution in [2.75, 3.05) is 0 Å². The predicted molar refractivity (Wildman–Crippen MR) is 53.4 cm³/mol. The Balaban J connectivity index is 0.00000169. The normalized spacial score (nSPS) is 12.4. The van der Waals surface area contributed by atoms with Crippen LogP contribution in [0.15, 0.2) is 42.5 Å². The Morgan fingerprint density at radius 2 is 1.93 bits per heavy atom. The fraction of sp³-hybridized carbons (Fsp3) is 0.333. The minimum Gasteiger partial charge on any atom is -0.849 e. The quantitative estimate of drug-likeness (QED) is 0.429. The fourth-order valence-corrected chi connectivity index (χ4v) is 1.26. The van der Waals surface area contributed by atoms with E-state index in [4.69, 9.17) is 0 Å². The third-order valence-corrected chi connectivity index (χ3v) is 1.97. The maximum absolute atomic E-state index is 11.2. The van der Waals surface area contributed by atoms with Crippen molar-refractivity contribution in [3.05, 3.63) is 48.0 Å². The summed E-state index contributed by atoms with van der Waals surface area (Å²) in [4.78, 5) is 0. The molecule has 0 fully saturated rings. The number of hydrogen-bond donors (Lipinski definition) is 0. The average Bonchev–Trinajstić information content (AvgIpc) is 2.17. The van der Waals surface area contributed by atoms with Crippen LogP contribution in [0.2, 0.25) is 0 Å². The topological polar surface area (TPSA) is 23.1 Å². The van der Waals surface area contributed by atoms with Crippen LogP contribution < -0.4 is 24.0 Å². The molecule has 1 aromatic rings. The molecule has 0 spiro atoms. The van der Waals surface area contributed by atoms with Gasteiger partial charge in [0.2, 0.25) is 0 Å². The summed E-state index contributed by atoms with van der Waals surface area (Å²) in [6.45, 7) is 1.88. The zero-order chi connectivity index (χ0) is 9.52. The molecule has 0 radical (unpaired) electrons. The van der Waals surface area contributed by atoms with E-state index in [1.165, 1.54) is 5.56 Å². The molecule has 1 atom stereocenters. The summed E-state index contributed by atoms with van der Waals surface area (Å²) < 4.78 is 0. The van der Waals surface area contributed by atoms with Gasteiger partial charge in [-0.15, -0.1) is 12.2 Å². The average molecular weight is 182 g/mol. The molecule has 2 heteroatoms. The van der Waals surface area contributed by atoms with Gasteiger partial charge in [-0.25, -0.2) is 0 Å². The van der Waals surface area contributed by atoms with E-state index in [1.807, 2.05) is 31.2 Å². The van der Waals surface area contributed by atoms with E-state index in [-0.39, 0.29) is 18.9 Å². The first-order chi connectivity index (χ1) is 6.33. The monoisotopic (exact) mass is 182 g/mol. The molecule has 0 heterocycles. The molecule has 70 valence electrons. The zero-order valence-corrected chi connectivity index (χ0v) is 8.94. The number of aryl methyl sites for hydroxylation is 1. The van der Waals surface area contributed by atoms with Gasteiger partial charge in [-0.2, -0.15) is 0 Å². The van der Waals surface area contributed by atoms with Crippen molar-refractivity contribution in [2.24, 2.45) is 0 Å². The van der Waals surface area contributed by atoms with Crippen LogP contribution in [0.4, 0.5) is 0 Å². The minimum atomic E-state index is -0.551. The summed E-state index contributed by atoms with van der Waals surface area (Å²) in [6.07, 6.45) is 4.55. The molecule has 0 aliphatic carbocycles. The van der Waals surface area contributed by atoms with E-state index in [2.05, 4.69) is 12.1 Å². The van der Waals surface area contributed by atoms with Crippen molar-refractivity contribution >= 4 is 0 Å². The Morgan fingerprint density at radius 1 is 1.29 bits per heavy atom. The molecular weight excluding hydrogens is 167 g/mol. The maximum Gasteiger partial charge on any atom is 1.00 e. The first kappa shape index (κ1) is 13.5. The molecule has 1 nitrogen and oxygen atoms in total. The molecule has 1 unspecified atom stereocenters. The van der Waals surface area contributed by atoms with Gasteiger partial charge < -0.3 is 5.11 Å². The molecule has 0 saturated carbocycles. The van der Waals surface area contributed by atoms with Crippen molar-refractivity contribution in [3.63, 3.8) is 0 Å². The van der Waals surface area contributed by atoms with Gasteiger partial charge in [0.05, 0.1) is 0 Å². The molecule has 0 saturated heterocycles. The van der Waals surface area contributed by atoms with Gasteiger partial charge in [0.15, 0.2) is 0 Å². The van der Waals surface area contributed by atoms with Gasteiger partial charge in [-0.05, 0) is 18.9 Å². The van der Waals surface area contributed by atoms with Gasteiger partial charge in [0, 0.05) is 0 Å². The number of allylic oxidation sites excluding steroid dienone is 1. The van der Waals surface area contributed by atoms with E-state index in [9.17, 15) is 5.11 Å². The number of benzene rings is 1. The number of rotatable bonds is 4. The van der Waals surface area contributed by atoms with Crippen LogP contribution in [0, 0.1) is 0 Å². The van der Waals surface area contributed by atoms with Gasteiger partial charge in [-0.3, -0.25) is 0 Å². The summed E-state index contributed by atoms with van der Waals surface area (Å²) in [5, 5.41) is 11.2. The molecule has 1 aromatic carbocycles. The number of hydrogen-bond acceptors (Lipinski definition) is 1. The van der Waals surface area contributed by atoms with Crippen LogP contribution in [-0.4, -0.2) is 6.10 Å². The Labute approximate surface area is 98.0 Å². The minimum absolute atomic E-state index is 0. The molecule has 0 aliphatic heterocycles. The van der Waals surface area contributed by atoms with E-state index in [1.54, 1.807) is 6.08 Å². The van der Waals surface area contributed by atoms with E-state index in [0.29, 0.717) is 6.42 Å². The first-order valence-electron chi connectivity index (χ1n) is 4.65. The molecule has 0 bridgehead atoms. The van der Waals surface area contributed by atoms with Crippen molar-refractivity contribution in [3.8, 4) is 0 Å². The standard InChI is InChI=1S/C12H15O.Li/c1-2-6-12(13)10-9-11-7-4-3-5-8-11;/h2-8,12H,9-10H2,1H3;/q-1;+1/b6-2-;. The Hall–Kier alpha value is -0.483. The summed E-state index contributed by atoms with van der Waals surface area (Å²) in [5.41, 5.74) is 1.24. The second-order valence-corrected chi connectivity index (χ2v) is 3.09. The Kier molecular flexibility index (Phi) is 7.61. The van der Waals surface area contributed by atoms with E-state index in [0.717, 1.165) is 6.42 Å². The van der Waals surface area contributed by atoms with Crippen molar-refractivity contribution in [2.45, 2.75) is 25.9 Å². The SMILES string of the molecule is C/C=C\C([O-])CCc1ccccc1.[Li+]. The summed E-state index contributed by atoms with van der Waals surface area (Å²) >= 11 is 0. The van der Waals surface area contributed by atoms with Crippen LogP contribution in [0.5, 0.6) is 0 Å². The van der Waals surface area contributed by atoms with Crippen molar-refractivity contribution in [1.82, 2.24) is 0 Å². The third kappa shape index (κ3) is 5.29. The molecule has 0 aliphatic rings. The maximum atomic E-state index is 11.2. The van der Waals surface area contributed by atoms with Crippen LogP contribution in [0.25, 0.3) is 0 Å². The van der Waals surface area contributed by atoms with Crippen molar-refractivity contribution < 1.29 is 24.0 Å². The van der Waals surface area contributed by atoms with Gasteiger partial charge in [-0.1, -0.05) is 42.8 Å². The van der Waals surface area contributed by atoms with Crippen LogP contribution in [0.1, 0.15) is 18.9 Å². The largest absolute Gasteiger partial charge is 1.00 e. The Bertz CT molecular complexity index is 256. The second-order valence-electron chi connectivity index (χ2n) is 3.09. The predicted octanol–water partition coefficient (Wildman–Crippen LogP) is -1.07. The first-order valence-corrected chi connectivity index (χ1v) is 4.65. The summed E-state index contributed by atoms with van der Waals surface area (Å²) in [6, 6.07) is 10.1. The van der Waals surface area contributed by atoms with E-state index < -0.39 is 6.10 Å². The molecule has 14 heavy (non-hydrogen) atoms. The zero-order valence-electron chi connectivity index (χ0n) is 8.94. The molecule has 1 rings (SSSR count). The molecule has 0 N–H and O–H groups in total. The van der Waals surface area contributed by atoms with Gasteiger partial charge >= 0.3 is 18.9 Å². The molecular formula is C12H15LiO. The smallest absolute Gasteiger partial charge is 0.849 e. The van der Waals surface area contributed by atoms with E-state index >= 15 is 0 Å². The summed E-state index contributed by atoms with van der Waals surface area (Å²) in [7, 11) is 0. The molecule has 0 aromatic heterocycles. The van der Waals surface area contributed by atoms with Crippen LogP contribution in [-0.2, 0) is 6.42 Å². The molecule has 0 amide bonds. The summed E-state index contributed by atoms with van der Waals surface area (Å²) in [5.74, 6) is 0. The Morgan fingerprint density at radius 3 is 2.50 bits per heavy atom. The van der Waals surface area contributed by atoms with Gasteiger partial charge in [0.1, 0.15) is 0 Å². The van der Waals surface area contributed by atoms with Gasteiger partial charge in [0.25, 0.3) is 0 Å². The van der Waals surface area contributed by atoms with Crippen molar-refractivity contribution in [1.29, 1.82) is 0 Å². The second kappa shape index (κ2) is 7.88. The third-order valence-electron chi connectivity index (χ3n) is 1.97. The van der Waals surface area contributed by atoms with Crippen LogP contribution in [0.3, 0.4) is 0 Å².